The molecule has 0 aliphatic rings. The number of carbonyl (C=O) groups excluding carboxylic acids is 1. The number of fused-ring (bicyclic) bond motifs is 1. The largest absolute Gasteiger partial charge is 0.326 e. The fraction of sp³-hybridized carbons (Fsp3) is 0.133. The number of benzene rings is 1. The molecule has 0 bridgehead atoms. The van der Waals surface area contributed by atoms with Gasteiger partial charge in [0.15, 0.2) is 11.6 Å². The molecule has 0 aliphatic heterocycles. The van der Waals surface area contributed by atoms with Crippen LogP contribution in [-0.4, -0.2) is 20.3 Å². The van der Waals surface area contributed by atoms with E-state index in [-0.39, 0.29) is 5.78 Å². The van der Waals surface area contributed by atoms with Gasteiger partial charge >= 0.3 is 0 Å². The van der Waals surface area contributed by atoms with Gasteiger partial charge in [-0.3, -0.25) is 9.78 Å². The predicted molar refractivity (Wildman–Crippen MR) is 73.9 cm³/mol. The number of Topliss-reactive ketones (excluding diaryl/α,β-unsaturated/α-hetero) is 1. The van der Waals surface area contributed by atoms with Crippen LogP contribution in [0.5, 0.6) is 0 Å². The zero-order chi connectivity index (χ0) is 13.4. The third kappa shape index (κ3) is 1.91. The molecule has 0 N–H and O–H groups in total. The molecule has 0 unspecified atom stereocenters. The highest BCUT2D eigenvalue weighted by Gasteiger charge is 2.11. The number of ketones is 1. The number of rotatable bonds is 2. The van der Waals surface area contributed by atoms with Crippen LogP contribution >= 0.6 is 0 Å². The first-order chi connectivity index (χ1) is 9.16. The number of hydrogen-bond acceptors (Lipinski definition) is 3. The Balaban J connectivity index is 2.23. The summed E-state index contributed by atoms with van der Waals surface area (Å²) in [5.74, 6) is 0.850. The molecule has 0 fully saturated rings. The molecule has 0 aliphatic carbocycles. The van der Waals surface area contributed by atoms with Crippen molar-refractivity contribution in [1.82, 2.24) is 14.5 Å². The van der Waals surface area contributed by atoms with E-state index in [9.17, 15) is 4.79 Å². The van der Waals surface area contributed by atoms with Crippen LogP contribution in [-0.2, 0) is 7.05 Å². The highest BCUT2D eigenvalue weighted by molar-refractivity contribution is 5.97. The molecule has 4 heteroatoms. The Kier molecular flexibility index (Phi) is 2.63. The SMILES string of the molecule is CC(=O)c1ccc2c(c1)nc(-c1ccccn1)n2C. The molecule has 0 radical (unpaired) electrons. The normalized spacial score (nSPS) is 10.8. The quantitative estimate of drug-likeness (QED) is 0.658. The molecule has 2 heterocycles. The summed E-state index contributed by atoms with van der Waals surface area (Å²) in [6.45, 7) is 1.56. The smallest absolute Gasteiger partial charge is 0.159 e. The lowest BCUT2D eigenvalue weighted by Crippen LogP contribution is -1.94. The van der Waals surface area contributed by atoms with E-state index in [1.54, 1.807) is 13.1 Å². The van der Waals surface area contributed by atoms with Gasteiger partial charge < -0.3 is 4.57 Å². The van der Waals surface area contributed by atoms with E-state index in [0.717, 1.165) is 22.6 Å². The second-order valence-corrected chi connectivity index (χ2v) is 4.47. The van der Waals surface area contributed by atoms with Crippen LogP contribution in [0.3, 0.4) is 0 Å². The lowest BCUT2D eigenvalue weighted by atomic mass is 10.1. The van der Waals surface area contributed by atoms with Gasteiger partial charge in [0.05, 0.1) is 11.0 Å². The van der Waals surface area contributed by atoms with Crippen LogP contribution in [0.15, 0.2) is 42.6 Å². The third-order valence-corrected chi connectivity index (χ3v) is 3.18. The van der Waals surface area contributed by atoms with Crippen molar-refractivity contribution in [2.45, 2.75) is 6.92 Å². The molecule has 0 saturated heterocycles. The van der Waals surface area contributed by atoms with Crippen LogP contribution < -0.4 is 0 Å². The van der Waals surface area contributed by atoms with Crippen molar-refractivity contribution in [2.75, 3.05) is 0 Å². The fourth-order valence-corrected chi connectivity index (χ4v) is 2.14. The molecular weight excluding hydrogens is 238 g/mol. The summed E-state index contributed by atoms with van der Waals surface area (Å²) in [6, 6.07) is 11.3. The molecule has 3 aromatic rings. The summed E-state index contributed by atoms with van der Waals surface area (Å²) in [5.41, 5.74) is 3.31. The van der Waals surface area contributed by atoms with Gasteiger partial charge in [0.2, 0.25) is 0 Å². The van der Waals surface area contributed by atoms with Gasteiger partial charge in [0, 0.05) is 18.8 Å². The van der Waals surface area contributed by atoms with Crippen LogP contribution in [0, 0.1) is 0 Å². The van der Waals surface area contributed by atoms with Crippen molar-refractivity contribution in [2.24, 2.45) is 7.05 Å². The second-order valence-electron chi connectivity index (χ2n) is 4.47. The molecule has 4 nitrogen and oxygen atoms in total. The molecule has 0 amide bonds. The average molecular weight is 251 g/mol. The predicted octanol–water partition coefficient (Wildman–Crippen LogP) is 2.84. The number of aromatic nitrogens is 3. The fourth-order valence-electron chi connectivity index (χ4n) is 2.14. The molecule has 1 aromatic carbocycles. The first kappa shape index (κ1) is 11.6. The summed E-state index contributed by atoms with van der Waals surface area (Å²) in [6.07, 6.45) is 1.75. The topological polar surface area (TPSA) is 47.8 Å². The summed E-state index contributed by atoms with van der Waals surface area (Å²) in [5, 5.41) is 0. The molecule has 2 aromatic heterocycles. The van der Waals surface area contributed by atoms with Gasteiger partial charge in [-0.15, -0.1) is 0 Å². The van der Waals surface area contributed by atoms with Gasteiger partial charge in [-0.05, 0) is 37.3 Å². The number of nitrogens with zero attached hydrogens (tertiary/aromatic N) is 3. The minimum absolute atomic E-state index is 0.0481. The second kappa shape index (κ2) is 4.31. The van der Waals surface area contributed by atoms with E-state index in [2.05, 4.69) is 9.97 Å². The summed E-state index contributed by atoms with van der Waals surface area (Å²) >= 11 is 0. The zero-order valence-electron chi connectivity index (χ0n) is 10.8. The van der Waals surface area contributed by atoms with Gasteiger partial charge in [-0.25, -0.2) is 4.98 Å². The summed E-state index contributed by atoms with van der Waals surface area (Å²) in [4.78, 5) is 20.3. The maximum absolute atomic E-state index is 11.4. The third-order valence-electron chi connectivity index (χ3n) is 3.18. The van der Waals surface area contributed by atoms with E-state index in [1.165, 1.54) is 0 Å². The Morgan fingerprint density at radius 2 is 2.05 bits per heavy atom. The highest BCUT2D eigenvalue weighted by atomic mass is 16.1. The maximum atomic E-state index is 11.4. The Morgan fingerprint density at radius 3 is 2.74 bits per heavy atom. The monoisotopic (exact) mass is 251 g/mol. The highest BCUT2D eigenvalue weighted by Crippen LogP contribution is 2.22. The summed E-state index contributed by atoms with van der Waals surface area (Å²) < 4.78 is 1.99. The Bertz CT molecular complexity index is 760. The lowest BCUT2D eigenvalue weighted by molar-refractivity contribution is 0.101. The molecule has 0 saturated carbocycles. The number of hydrogen-bond donors (Lipinski definition) is 0. The van der Waals surface area contributed by atoms with Gasteiger partial charge in [-0.1, -0.05) is 6.07 Å². The van der Waals surface area contributed by atoms with Crippen LogP contribution in [0.25, 0.3) is 22.6 Å². The standard InChI is InChI=1S/C15H13N3O/c1-10(19)11-6-7-14-13(9-11)17-15(18(14)2)12-5-3-4-8-16-12/h3-9H,1-2H3. The van der Waals surface area contributed by atoms with Crippen molar-refractivity contribution in [1.29, 1.82) is 0 Å². The number of carbonyl (C=O) groups is 1. The molecule has 19 heavy (non-hydrogen) atoms. The zero-order valence-corrected chi connectivity index (χ0v) is 10.8. The van der Waals surface area contributed by atoms with Gasteiger partial charge in [-0.2, -0.15) is 0 Å². The maximum Gasteiger partial charge on any atom is 0.159 e. The van der Waals surface area contributed by atoms with E-state index in [1.807, 2.05) is 48.0 Å². The summed E-state index contributed by atoms with van der Waals surface area (Å²) in [7, 11) is 1.95. The van der Waals surface area contributed by atoms with Crippen LogP contribution in [0.2, 0.25) is 0 Å². The first-order valence-electron chi connectivity index (χ1n) is 6.05. The number of aryl methyl sites for hydroxylation is 1. The van der Waals surface area contributed by atoms with Crippen molar-refractivity contribution in [3.05, 3.63) is 48.2 Å². The van der Waals surface area contributed by atoms with Crippen LogP contribution in [0.4, 0.5) is 0 Å². The minimum Gasteiger partial charge on any atom is -0.326 e. The van der Waals surface area contributed by atoms with Crippen molar-refractivity contribution < 1.29 is 4.79 Å². The molecule has 3 rings (SSSR count). The van der Waals surface area contributed by atoms with E-state index in [4.69, 9.17) is 0 Å². The Hall–Kier alpha value is -2.49. The lowest BCUT2D eigenvalue weighted by Gasteiger charge is -2.01. The number of imidazole rings is 1. The van der Waals surface area contributed by atoms with Crippen molar-refractivity contribution >= 4 is 16.8 Å². The van der Waals surface area contributed by atoms with Crippen molar-refractivity contribution in [3.8, 4) is 11.5 Å². The van der Waals surface area contributed by atoms with Crippen molar-refractivity contribution in [3.63, 3.8) is 0 Å². The average Bonchev–Trinajstić information content (AvgIpc) is 2.76. The molecular formula is C15H13N3O. The Morgan fingerprint density at radius 1 is 1.21 bits per heavy atom. The number of pyridine rings is 1. The molecule has 0 spiro atoms. The molecule has 94 valence electrons. The van der Waals surface area contributed by atoms with E-state index in [0.29, 0.717) is 5.56 Å². The minimum atomic E-state index is 0.0481. The molecule has 0 atom stereocenters. The van der Waals surface area contributed by atoms with E-state index >= 15 is 0 Å². The van der Waals surface area contributed by atoms with Gasteiger partial charge in [0.1, 0.15) is 5.69 Å². The van der Waals surface area contributed by atoms with E-state index < -0.39 is 0 Å². The van der Waals surface area contributed by atoms with Gasteiger partial charge in [0.25, 0.3) is 0 Å². The Labute approximate surface area is 110 Å². The first-order valence-corrected chi connectivity index (χ1v) is 6.05. The van der Waals surface area contributed by atoms with Crippen LogP contribution in [0.1, 0.15) is 17.3 Å².